The molecular weight excluding hydrogens is 346 g/mol. The van der Waals surface area contributed by atoms with Crippen molar-refractivity contribution in [1.82, 2.24) is 10.3 Å². The number of benzene rings is 1. The minimum absolute atomic E-state index is 0.158. The number of aromatic nitrogens is 1. The Kier molecular flexibility index (Phi) is 5.37. The van der Waals surface area contributed by atoms with Gasteiger partial charge in [-0.25, -0.2) is 4.98 Å². The highest BCUT2D eigenvalue weighted by Gasteiger charge is 2.25. The van der Waals surface area contributed by atoms with Crippen LogP contribution in [0, 0.1) is 0 Å². The van der Waals surface area contributed by atoms with Crippen molar-refractivity contribution in [2.45, 2.75) is 23.9 Å². The number of rotatable bonds is 6. The van der Waals surface area contributed by atoms with Gasteiger partial charge in [0.05, 0.1) is 22.0 Å². The summed E-state index contributed by atoms with van der Waals surface area (Å²) in [6.07, 6.45) is 3.66. The highest BCUT2D eigenvalue weighted by atomic mass is 35.5. The van der Waals surface area contributed by atoms with Crippen molar-refractivity contribution in [2.24, 2.45) is 0 Å². The first-order valence-electron chi connectivity index (χ1n) is 7.56. The second kappa shape index (κ2) is 7.68. The number of nitrogens with zero attached hydrogens (tertiary/aromatic N) is 1. The van der Waals surface area contributed by atoms with Gasteiger partial charge in [0.15, 0.2) is 0 Å². The van der Waals surface area contributed by atoms with Gasteiger partial charge in [-0.3, -0.25) is 9.59 Å². The van der Waals surface area contributed by atoms with Gasteiger partial charge in [-0.15, -0.1) is 0 Å². The lowest BCUT2D eigenvalue weighted by molar-refractivity contribution is -0.113. The van der Waals surface area contributed by atoms with Gasteiger partial charge in [0, 0.05) is 12.2 Å². The number of para-hydroxylation sites is 1. The zero-order valence-corrected chi connectivity index (χ0v) is 14.4. The summed E-state index contributed by atoms with van der Waals surface area (Å²) >= 11 is 7.27. The molecule has 2 amide bonds. The Morgan fingerprint density at radius 1 is 1.21 bits per heavy atom. The summed E-state index contributed by atoms with van der Waals surface area (Å²) in [6, 6.07) is 10.7. The quantitative estimate of drug-likeness (QED) is 0.774. The van der Waals surface area contributed by atoms with Crippen molar-refractivity contribution < 1.29 is 9.59 Å². The highest BCUT2D eigenvalue weighted by Crippen LogP contribution is 2.25. The first-order valence-corrected chi connectivity index (χ1v) is 8.93. The molecule has 1 aromatic carbocycles. The van der Waals surface area contributed by atoms with Crippen LogP contribution in [0.25, 0.3) is 0 Å². The summed E-state index contributed by atoms with van der Waals surface area (Å²) in [5, 5.41) is 6.83. The van der Waals surface area contributed by atoms with Crippen LogP contribution in [0.15, 0.2) is 47.6 Å². The molecule has 2 N–H and O–H groups in total. The molecule has 1 fully saturated rings. The Bertz CT molecular complexity index is 765. The average molecular weight is 362 g/mol. The third kappa shape index (κ3) is 4.49. The number of amides is 2. The van der Waals surface area contributed by atoms with Gasteiger partial charge in [-0.1, -0.05) is 35.5 Å². The minimum Gasteiger partial charge on any atom is -0.349 e. The number of thioether (sulfide) groups is 1. The molecule has 1 aliphatic carbocycles. The Labute approximate surface area is 149 Å². The molecule has 3 rings (SSSR count). The minimum atomic E-state index is -0.214. The average Bonchev–Trinajstić information content (AvgIpc) is 3.38. The van der Waals surface area contributed by atoms with Crippen molar-refractivity contribution in [2.75, 3.05) is 11.1 Å². The fraction of sp³-hybridized carbons (Fsp3) is 0.235. The zero-order valence-electron chi connectivity index (χ0n) is 12.8. The molecule has 0 unspecified atom stereocenters. The predicted octanol–water partition coefficient (Wildman–Crippen LogP) is 3.36. The molecule has 0 aliphatic heterocycles. The van der Waals surface area contributed by atoms with Gasteiger partial charge in [-0.2, -0.15) is 0 Å². The number of hydrogen-bond acceptors (Lipinski definition) is 4. The molecule has 2 aromatic rings. The largest absolute Gasteiger partial charge is 0.349 e. The molecule has 0 spiro atoms. The molecule has 1 heterocycles. The molecule has 1 aliphatic rings. The smallest absolute Gasteiger partial charge is 0.253 e. The van der Waals surface area contributed by atoms with E-state index in [2.05, 4.69) is 15.6 Å². The van der Waals surface area contributed by atoms with E-state index >= 15 is 0 Å². The van der Waals surface area contributed by atoms with Crippen LogP contribution in [0.1, 0.15) is 23.2 Å². The monoisotopic (exact) mass is 361 g/mol. The van der Waals surface area contributed by atoms with Gasteiger partial charge in [-0.05, 0) is 37.1 Å². The zero-order chi connectivity index (χ0) is 16.9. The van der Waals surface area contributed by atoms with Crippen LogP contribution >= 0.6 is 23.4 Å². The third-order valence-electron chi connectivity index (χ3n) is 3.42. The lowest BCUT2D eigenvalue weighted by atomic mass is 10.1. The van der Waals surface area contributed by atoms with E-state index in [1.54, 1.807) is 42.6 Å². The second-order valence-electron chi connectivity index (χ2n) is 5.42. The van der Waals surface area contributed by atoms with Crippen molar-refractivity contribution in [1.29, 1.82) is 0 Å². The summed E-state index contributed by atoms with van der Waals surface area (Å²) in [5.41, 5.74) is 0.979. The van der Waals surface area contributed by atoms with Crippen LogP contribution in [0.5, 0.6) is 0 Å². The van der Waals surface area contributed by atoms with Crippen LogP contribution in [0.3, 0.4) is 0 Å². The van der Waals surface area contributed by atoms with Crippen molar-refractivity contribution in [3.63, 3.8) is 0 Å². The number of carbonyl (C=O) groups is 2. The highest BCUT2D eigenvalue weighted by molar-refractivity contribution is 8.00. The van der Waals surface area contributed by atoms with Gasteiger partial charge in [0.25, 0.3) is 5.91 Å². The molecule has 0 radical (unpaired) electrons. The van der Waals surface area contributed by atoms with Crippen LogP contribution < -0.4 is 10.6 Å². The Morgan fingerprint density at radius 3 is 2.75 bits per heavy atom. The number of nitrogens with one attached hydrogen (secondary N) is 2. The molecule has 5 nitrogen and oxygen atoms in total. The molecule has 0 bridgehead atoms. The van der Waals surface area contributed by atoms with E-state index in [9.17, 15) is 9.59 Å². The second-order valence-corrected chi connectivity index (χ2v) is 6.79. The molecule has 0 atom stereocenters. The maximum absolute atomic E-state index is 12.2. The number of halogens is 1. The molecule has 0 saturated heterocycles. The fourth-order valence-corrected chi connectivity index (χ4v) is 3.05. The Morgan fingerprint density at radius 2 is 2.00 bits per heavy atom. The summed E-state index contributed by atoms with van der Waals surface area (Å²) in [7, 11) is 0. The topological polar surface area (TPSA) is 71.1 Å². The first kappa shape index (κ1) is 16.8. The first-order chi connectivity index (χ1) is 11.6. The standard InChI is InChI=1S/C17H16ClN3O2S/c18-13-5-3-9-19-17(13)24-10-15(22)21-14-6-2-1-4-12(14)16(23)20-11-7-8-11/h1-6,9,11H,7-8,10H2,(H,20,23)(H,21,22). The van der Waals surface area contributed by atoms with E-state index in [1.807, 2.05) is 0 Å². The molecule has 7 heteroatoms. The number of carbonyl (C=O) groups excluding carboxylic acids is 2. The third-order valence-corrected chi connectivity index (χ3v) is 4.85. The van der Waals surface area contributed by atoms with Gasteiger partial charge in [0.2, 0.25) is 5.91 Å². The van der Waals surface area contributed by atoms with Crippen LogP contribution in [0.2, 0.25) is 5.02 Å². The summed E-state index contributed by atoms with van der Waals surface area (Å²) in [6.45, 7) is 0. The van der Waals surface area contributed by atoms with E-state index in [0.29, 0.717) is 21.3 Å². The SMILES string of the molecule is O=C(CSc1ncccc1Cl)Nc1ccccc1C(=O)NC1CC1. The van der Waals surface area contributed by atoms with Gasteiger partial charge in [0.1, 0.15) is 5.03 Å². The maximum atomic E-state index is 12.2. The van der Waals surface area contributed by atoms with E-state index in [0.717, 1.165) is 12.8 Å². The fourth-order valence-electron chi connectivity index (χ4n) is 2.08. The number of pyridine rings is 1. The van der Waals surface area contributed by atoms with Crippen molar-refractivity contribution >= 4 is 40.9 Å². The predicted molar refractivity (Wildman–Crippen MR) is 95.5 cm³/mol. The van der Waals surface area contributed by atoms with Crippen molar-refractivity contribution in [3.8, 4) is 0 Å². The van der Waals surface area contributed by atoms with Crippen LogP contribution in [-0.2, 0) is 4.79 Å². The molecule has 124 valence electrons. The molecular formula is C17H16ClN3O2S. The van der Waals surface area contributed by atoms with Crippen LogP contribution in [-0.4, -0.2) is 28.6 Å². The molecule has 24 heavy (non-hydrogen) atoms. The summed E-state index contributed by atoms with van der Waals surface area (Å²) in [4.78, 5) is 28.5. The van der Waals surface area contributed by atoms with Crippen molar-refractivity contribution in [3.05, 3.63) is 53.2 Å². The van der Waals surface area contributed by atoms with E-state index in [1.165, 1.54) is 11.8 Å². The lowest BCUT2D eigenvalue weighted by Crippen LogP contribution is -2.27. The van der Waals surface area contributed by atoms with Gasteiger partial charge >= 0.3 is 0 Å². The normalized spacial score (nSPS) is 13.4. The van der Waals surface area contributed by atoms with E-state index in [-0.39, 0.29) is 23.6 Å². The van der Waals surface area contributed by atoms with E-state index < -0.39 is 0 Å². The van der Waals surface area contributed by atoms with Crippen LogP contribution in [0.4, 0.5) is 5.69 Å². The number of anilines is 1. The molecule has 1 aromatic heterocycles. The Hall–Kier alpha value is -2.05. The maximum Gasteiger partial charge on any atom is 0.253 e. The Balaban J connectivity index is 1.61. The lowest BCUT2D eigenvalue weighted by Gasteiger charge is -2.11. The summed E-state index contributed by atoms with van der Waals surface area (Å²) < 4.78 is 0. The van der Waals surface area contributed by atoms with Gasteiger partial charge < -0.3 is 10.6 Å². The number of hydrogen-bond donors (Lipinski definition) is 2. The molecule has 1 saturated carbocycles. The van der Waals surface area contributed by atoms with E-state index in [4.69, 9.17) is 11.6 Å². The summed E-state index contributed by atoms with van der Waals surface area (Å²) in [5.74, 6) is -0.211.